The Balaban J connectivity index is 1.42. The van der Waals surface area contributed by atoms with Gasteiger partial charge in [0.1, 0.15) is 11.9 Å². The first kappa shape index (κ1) is 30.6. The number of aromatic nitrogens is 2. The van der Waals surface area contributed by atoms with Crippen LogP contribution in [0.3, 0.4) is 0 Å². The maximum atomic E-state index is 12.1. The molecule has 1 amide bonds. The molecule has 0 spiro atoms. The lowest BCUT2D eigenvalue weighted by atomic mass is 10.00. The third kappa shape index (κ3) is 6.84. The van der Waals surface area contributed by atoms with Crippen LogP contribution in [0, 0.1) is 11.3 Å². The highest BCUT2D eigenvalue weighted by atomic mass is 16.5. The number of piperazine rings is 1. The zero-order chi connectivity index (χ0) is 31.1. The molecule has 0 unspecified atom stereocenters. The lowest BCUT2D eigenvalue weighted by Crippen LogP contribution is -2.46. The number of fused-ring (bicyclic) bond motifs is 1. The average molecular weight is 594 g/mol. The fourth-order valence-corrected chi connectivity index (χ4v) is 5.71. The van der Waals surface area contributed by atoms with E-state index in [1.807, 2.05) is 38.1 Å². The van der Waals surface area contributed by atoms with Crippen molar-refractivity contribution in [3.63, 3.8) is 0 Å². The molecular weight excluding hydrogens is 554 g/mol. The number of nitrogens with two attached hydrogens (primary N) is 1. The molecule has 44 heavy (non-hydrogen) atoms. The van der Waals surface area contributed by atoms with Crippen molar-refractivity contribution in [3.05, 3.63) is 77.1 Å². The van der Waals surface area contributed by atoms with Crippen LogP contribution in [0.1, 0.15) is 43.0 Å². The van der Waals surface area contributed by atoms with Gasteiger partial charge >= 0.3 is 0 Å². The largest absolute Gasteiger partial charge is 0.490 e. The number of primary amides is 1. The molecule has 3 N–H and O–H groups in total. The molecule has 0 saturated carbocycles. The molecule has 1 aliphatic rings. The molecule has 1 fully saturated rings. The molecule has 10 heteroatoms. The van der Waals surface area contributed by atoms with Crippen molar-refractivity contribution in [1.82, 2.24) is 14.9 Å². The molecule has 0 bridgehead atoms. The van der Waals surface area contributed by atoms with Gasteiger partial charge in [-0.05, 0) is 55.7 Å². The molecular formula is C34H39N7O3. The Labute approximate surface area is 258 Å². The van der Waals surface area contributed by atoms with E-state index in [0.717, 1.165) is 72.8 Å². The molecule has 0 radical (unpaired) electrons. The van der Waals surface area contributed by atoms with E-state index in [9.17, 15) is 4.79 Å². The third-order valence-corrected chi connectivity index (χ3v) is 7.83. The van der Waals surface area contributed by atoms with Gasteiger partial charge < -0.3 is 25.4 Å². The fraction of sp³-hybridized carbons (Fsp3) is 0.353. The van der Waals surface area contributed by atoms with E-state index in [-0.39, 0.29) is 6.42 Å². The summed E-state index contributed by atoms with van der Waals surface area (Å²) >= 11 is 0. The number of carbonyl (C=O) groups excluding carboxylic acids is 1. The number of nitrogens with zero attached hydrogens (tertiary/aromatic N) is 5. The Hall–Kier alpha value is -4.88. The van der Waals surface area contributed by atoms with Crippen LogP contribution in [0.15, 0.2) is 54.9 Å². The molecule has 228 valence electrons. The number of pyridine rings is 2. The van der Waals surface area contributed by atoms with Crippen LogP contribution in [0.4, 0.5) is 17.2 Å². The summed E-state index contributed by atoms with van der Waals surface area (Å²) in [6.07, 6.45) is 4.23. The zero-order valence-electron chi connectivity index (χ0n) is 25.6. The highest BCUT2D eigenvalue weighted by Gasteiger charge is 2.21. The summed E-state index contributed by atoms with van der Waals surface area (Å²) in [6, 6.07) is 16.0. The van der Waals surface area contributed by atoms with Crippen LogP contribution in [0.5, 0.6) is 11.5 Å². The van der Waals surface area contributed by atoms with E-state index in [2.05, 4.69) is 56.3 Å². The number of carbonyl (C=O) groups is 1. The third-order valence-electron chi connectivity index (χ3n) is 7.83. The highest BCUT2D eigenvalue weighted by molar-refractivity contribution is 5.98. The Morgan fingerprint density at radius 3 is 2.36 bits per heavy atom. The molecule has 2 aromatic carbocycles. The highest BCUT2D eigenvalue weighted by Crippen LogP contribution is 2.38. The number of hydrogen-bond acceptors (Lipinski definition) is 9. The number of benzene rings is 2. The van der Waals surface area contributed by atoms with Crippen molar-refractivity contribution in [1.29, 1.82) is 5.26 Å². The molecule has 5 rings (SSSR count). The van der Waals surface area contributed by atoms with Gasteiger partial charge in [0.2, 0.25) is 5.91 Å². The first-order chi connectivity index (χ1) is 21.4. The molecule has 0 aliphatic carbocycles. The van der Waals surface area contributed by atoms with E-state index in [1.54, 1.807) is 12.4 Å². The van der Waals surface area contributed by atoms with Crippen LogP contribution < -0.4 is 25.4 Å². The maximum absolute atomic E-state index is 12.1. The minimum atomic E-state index is -0.426. The van der Waals surface area contributed by atoms with E-state index in [0.29, 0.717) is 30.3 Å². The Morgan fingerprint density at radius 1 is 0.977 bits per heavy atom. The molecule has 1 aliphatic heterocycles. The minimum Gasteiger partial charge on any atom is -0.490 e. The number of hydrogen-bond donors (Lipinski definition) is 2. The van der Waals surface area contributed by atoms with Gasteiger partial charge in [-0.1, -0.05) is 19.1 Å². The number of ether oxygens (including phenoxy) is 2. The van der Waals surface area contributed by atoms with Gasteiger partial charge in [0.25, 0.3) is 0 Å². The second-order valence-electron chi connectivity index (χ2n) is 10.7. The molecule has 1 saturated heterocycles. The standard InChI is InChI=1S/C34H39N7O3/c1-4-26-24(22-40-12-14-41(15-13-40)33-11-10-23(19-35)20-38-33)8-7-9-28(26)39-34-25(16-32(36)42)21-37-29-18-31(44-6-3)30(43-5-2)17-27(29)34/h7-11,17-18,20-21H,4-6,12-16,22H2,1-3H3,(H2,36,42)(H,37,39). The van der Waals surface area contributed by atoms with Gasteiger partial charge in [0, 0.05) is 67.8 Å². The second-order valence-corrected chi connectivity index (χ2v) is 10.7. The van der Waals surface area contributed by atoms with Gasteiger partial charge in [0.05, 0.1) is 36.4 Å². The van der Waals surface area contributed by atoms with Crippen LogP contribution in [0.25, 0.3) is 10.9 Å². The second kappa shape index (κ2) is 14.1. The maximum Gasteiger partial charge on any atom is 0.221 e. The van der Waals surface area contributed by atoms with Crippen molar-refractivity contribution >= 4 is 34.0 Å². The molecule has 3 heterocycles. The van der Waals surface area contributed by atoms with Gasteiger partial charge in [-0.3, -0.25) is 14.7 Å². The van der Waals surface area contributed by atoms with E-state index in [1.165, 1.54) is 11.1 Å². The van der Waals surface area contributed by atoms with E-state index >= 15 is 0 Å². The normalized spacial score (nSPS) is 13.5. The van der Waals surface area contributed by atoms with Crippen molar-refractivity contribution in [2.45, 2.75) is 40.2 Å². The predicted octanol–water partition coefficient (Wildman–Crippen LogP) is 4.95. The summed E-state index contributed by atoms with van der Waals surface area (Å²) in [6.45, 7) is 11.4. The van der Waals surface area contributed by atoms with Gasteiger partial charge in [-0.15, -0.1) is 0 Å². The SMILES string of the molecule is CCOc1cc2ncc(CC(N)=O)c(Nc3cccc(CN4CCN(c5ccc(C#N)cn5)CC4)c3CC)c2cc1OCC. The van der Waals surface area contributed by atoms with Gasteiger partial charge in [0.15, 0.2) is 11.5 Å². The van der Waals surface area contributed by atoms with Gasteiger partial charge in [-0.25, -0.2) is 4.98 Å². The van der Waals surface area contributed by atoms with Crippen LogP contribution in [-0.4, -0.2) is 60.2 Å². The number of amides is 1. The lowest BCUT2D eigenvalue weighted by molar-refractivity contribution is -0.117. The summed E-state index contributed by atoms with van der Waals surface area (Å²) in [4.78, 5) is 25.9. The Bertz CT molecular complexity index is 1660. The van der Waals surface area contributed by atoms with Crippen LogP contribution >= 0.6 is 0 Å². The summed E-state index contributed by atoms with van der Waals surface area (Å²) < 4.78 is 11.8. The number of anilines is 3. The molecule has 4 aromatic rings. The van der Waals surface area contributed by atoms with Crippen molar-refractivity contribution in [2.75, 3.05) is 49.6 Å². The number of nitrogens with one attached hydrogen (secondary N) is 1. The average Bonchev–Trinajstić information content (AvgIpc) is 3.03. The number of nitriles is 1. The predicted molar refractivity (Wildman–Crippen MR) is 173 cm³/mol. The van der Waals surface area contributed by atoms with Crippen molar-refractivity contribution in [2.24, 2.45) is 5.73 Å². The summed E-state index contributed by atoms with van der Waals surface area (Å²) in [5.74, 6) is 1.74. The van der Waals surface area contributed by atoms with Crippen LogP contribution in [-0.2, 0) is 24.2 Å². The molecule has 0 atom stereocenters. The van der Waals surface area contributed by atoms with Crippen molar-refractivity contribution < 1.29 is 14.3 Å². The molecule has 2 aromatic heterocycles. The first-order valence-electron chi connectivity index (χ1n) is 15.1. The quantitative estimate of drug-likeness (QED) is 0.234. The summed E-state index contributed by atoms with van der Waals surface area (Å²) in [5, 5.41) is 13.6. The summed E-state index contributed by atoms with van der Waals surface area (Å²) in [7, 11) is 0. The topological polar surface area (TPSA) is 130 Å². The monoisotopic (exact) mass is 593 g/mol. The van der Waals surface area contributed by atoms with E-state index < -0.39 is 5.91 Å². The Morgan fingerprint density at radius 2 is 1.73 bits per heavy atom. The first-order valence-corrected chi connectivity index (χ1v) is 15.1. The fourth-order valence-electron chi connectivity index (χ4n) is 5.71. The molecule has 10 nitrogen and oxygen atoms in total. The van der Waals surface area contributed by atoms with Crippen molar-refractivity contribution in [3.8, 4) is 17.6 Å². The van der Waals surface area contributed by atoms with Gasteiger partial charge in [-0.2, -0.15) is 5.26 Å². The smallest absolute Gasteiger partial charge is 0.221 e. The Kier molecular flexibility index (Phi) is 9.77. The lowest BCUT2D eigenvalue weighted by Gasteiger charge is -2.35. The van der Waals surface area contributed by atoms with Crippen LogP contribution in [0.2, 0.25) is 0 Å². The summed E-state index contributed by atoms with van der Waals surface area (Å²) in [5.41, 5.74) is 11.9. The zero-order valence-corrected chi connectivity index (χ0v) is 25.6. The minimum absolute atomic E-state index is 0.0575. The van der Waals surface area contributed by atoms with E-state index in [4.69, 9.17) is 20.5 Å². The number of rotatable bonds is 12.